The van der Waals surface area contributed by atoms with Crippen LogP contribution in [0.15, 0.2) is 11.4 Å². The van der Waals surface area contributed by atoms with Crippen LogP contribution in [0.1, 0.15) is 5.69 Å². The number of aromatic nitrogens is 3. The second kappa shape index (κ2) is 5.41. The van der Waals surface area contributed by atoms with Crippen molar-refractivity contribution in [2.75, 3.05) is 12.3 Å². The summed E-state index contributed by atoms with van der Waals surface area (Å²) in [6, 6.07) is 0. The molecule has 0 fully saturated rings. The van der Waals surface area contributed by atoms with Crippen molar-refractivity contribution in [2.45, 2.75) is 6.42 Å². The molecule has 0 bridgehead atoms. The van der Waals surface area contributed by atoms with Crippen LogP contribution >= 0.6 is 11.8 Å². The molecule has 0 saturated heterocycles. The number of hydrogen-bond acceptors (Lipinski definition) is 6. The van der Waals surface area contributed by atoms with E-state index in [9.17, 15) is 9.70 Å². The van der Waals surface area contributed by atoms with E-state index in [1.807, 2.05) is 0 Å². The second-order valence-electron chi connectivity index (χ2n) is 2.22. The zero-order valence-corrected chi connectivity index (χ0v) is 7.58. The van der Waals surface area contributed by atoms with Crippen molar-refractivity contribution in [1.29, 1.82) is 0 Å². The summed E-state index contributed by atoms with van der Waals surface area (Å²) in [6.45, 7) is -0.260. The minimum atomic E-state index is -0.260. The lowest BCUT2D eigenvalue weighted by Crippen LogP contribution is -1.99. The molecule has 0 aliphatic carbocycles. The predicted molar refractivity (Wildman–Crippen MR) is 48.2 cm³/mol. The lowest BCUT2D eigenvalue weighted by molar-refractivity contribution is -0.109. The van der Waals surface area contributed by atoms with Gasteiger partial charge in [0.15, 0.2) is 0 Å². The Hall–Kier alpha value is -1.24. The molecule has 1 aromatic rings. The van der Waals surface area contributed by atoms with Gasteiger partial charge in [0.05, 0.1) is 5.69 Å². The largest absolute Gasteiger partial charge is 0.285 e. The quantitative estimate of drug-likeness (QED) is 0.694. The maximum Gasteiger partial charge on any atom is 0.213 e. The zero-order valence-electron chi connectivity index (χ0n) is 6.77. The summed E-state index contributed by atoms with van der Waals surface area (Å²) >= 11 is 1.08. The Morgan fingerprint density at radius 1 is 1.69 bits per heavy atom. The van der Waals surface area contributed by atoms with E-state index >= 15 is 0 Å². The summed E-state index contributed by atoms with van der Waals surface area (Å²) in [5.74, 6) is 0.598. The molecule has 0 aliphatic heterocycles. The van der Waals surface area contributed by atoms with Gasteiger partial charge in [-0.05, 0) is 0 Å². The number of nitroso groups, excluding NO2 is 1. The second-order valence-corrected chi connectivity index (χ2v) is 3.37. The van der Waals surface area contributed by atoms with Crippen molar-refractivity contribution in [3.63, 3.8) is 0 Å². The molecular weight excluding hydrogens is 192 g/mol. The van der Waals surface area contributed by atoms with Crippen LogP contribution in [0.5, 0.6) is 0 Å². The minimum absolute atomic E-state index is 0.210. The first-order chi connectivity index (χ1) is 6.33. The summed E-state index contributed by atoms with van der Waals surface area (Å²) in [6.07, 6.45) is 2.33. The molecule has 70 valence electrons. The topological polar surface area (TPSA) is 88.1 Å². The Labute approximate surface area is 78.5 Å². The molecule has 1 N–H and O–H groups in total. The minimum Gasteiger partial charge on any atom is -0.285 e. The fourth-order valence-electron chi connectivity index (χ4n) is 0.715. The molecule has 1 rings (SSSR count). The highest BCUT2D eigenvalue weighted by Gasteiger charge is 2.03. The van der Waals surface area contributed by atoms with Crippen molar-refractivity contribution in [1.82, 2.24) is 15.4 Å². The van der Waals surface area contributed by atoms with Gasteiger partial charge in [-0.25, -0.2) is 0 Å². The Bertz CT molecular complexity index is 274. The molecule has 6 nitrogen and oxygen atoms in total. The van der Waals surface area contributed by atoms with E-state index in [0.717, 1.165) is 17.5 Å². The van der Waals surface area contributed by atoms with Crippen LogP contribution < -0.4 is 0 Å². The monoisotopic (exact) mass is 200 g/mol. The van der Waals surface area contributed by atoms with Gasteiger partial charge in [-0.15, -0.1) is 5.10 Å². The number of H-pyrrole nitrogens is 1. The van der Waals surface area contributed by atoms with Crippen LogP contribution in [-0.4, -0.2) is 32.8 Å². The maximum absolute atomic E-state index is 10.8. The van der Waals surface area contributed by atoms with Gasteiger partial charge in [0.25, 0.3) is 0 Å². The molecular formula is C6H8N4O2S. The number of aryl methyl sites for hydroxylation is 1. The number of carbonyl (C=O) groups excluding carboxylic acids is 1. The smallest absolute Gasteiger partial charge is 0.213 e. The Kier molecular flexibility index (Phi) is 4.10. The molecule has 7 heteroatoms. The van der Waals surface area contributed by atoms with Crippen LogP contribution in [0.3, 0.4) is 0 Å². The summed E-state index contributed by atoms with van der Waals surface area (Å²) in [5.41, 5.74) is 0.805. The van der Waals surface area contributed by atoms with Gasteiger partial charge in [0.2, 0.25) is 5.12 Å². The van der Waals surface area contributed by atoms with E-state index in [0.29, 0.717) is 12.2 Å². The summed E-state index contributed by atoms with van der Waals surface area (Å²) in [7, 11) is 0. The fraction of sp³-hybridized carbons (Fsp3) is 0.500. The van der Waals surface area contributed by atoms with Gasteiger partial charge in [-0.2, -0.15) is 4.91 Å². The molecule has 0 radical (unpaired) electrons. The lowest BCUT2D eigenvalue weighted by atomic mass is 10.4. The molecule has 0 aliphatic rings. The van der Waals surface area contributed by atoms with Gasteiger partial charge in [-0.1, -0.05) is 22.2 Å². The van der Waals surface area contributed by atoms with E-state index < -0.39 is 0 Å². The number of rotatable bonds is 5. The van der Waals surface area contributed by atoms with Gasteiger partial charge in [0, 0.05) is 18.4 Å². The van der Waals surface area contributed by atoms with E-state index in [1.165, 1.54) is 0 Å². The maximum atomic E-state index is 10.8. The summed E-state index contributed by atoms with van der Waals surface area (Å²) in [5, 5.41) is 12.1. The van der Waals surface area contributed by atoms with Crippen molar-refractivity contribution < 1.29 is 4.79 Å². The number of carbonyl (C=O) groups is 1. The average Bonchev–Trinajstić information content (AvgIpc) is 2.57. The van der Waals surface area contributed by atoms with E-state index in [2.05, 4.69) is 20.6 Å². The third kappa shape index (κ3) is 3.79. The summed E-state index contributed by atoms with van der Waals surface area (Å²) < 4.78 is 0. The Morgan fingerprint density at radius 3 is 3.15 bits per heavy atom. The van der Waals surface area contributed by atoms with Crippen molar-refractivity contribution in [2.24, 2.45) is 5.18 Å². The molecule has 1 aromatic heterocycles. The van der Waals surface area contributed by atoms with Crippen LogP contribution in [0.25, 0.3) is 0 Å². The van der Waals surface area contributed by atoms with E-state index in [1.54, 1.807) is 6.20 Å². The highest BCUT2D eigenvalue weighted by Crippen LogP contribution is 2.05. The molecule has 0 atom stereocenters. The molecule has 0 spiro atoms. The first kappa shape index (κ1) is 9.85. The van der Waals surface area contributed by atoms with Crippen molar-refractivity contribution >= 4 is 16.9 Å². The zero-order chi connectivity index (χ0) is 9.52. The molecule has 0 amide bonds. The van der Waals surface area contributed by atoms with Gasteiger partial charge < -0.3 is 0 Å². The third-order valence-electron chi connectivity index (χ3n) is 1.28. The number of aromatic amines is 1. The number of nitrogens with zero attached hydrogens (tertiary/aromatic N) is 3. The molecule has 0 unspecified atom stereocenters. The molecule has 0 saturated carbocycles. The van der Waals surface area contributed by atoms with Crippen molar-refractivity contribution in [3.8, 4) is 0 Å². The van der Waals surface area contributed by atoms with Crippen LogP contribution in [0, 0.1) is 4.91 Å². The van der Waals surface area contributed by atoms with Gasteiger partial charge in [0.1, 0.15) is 6.54 Å². The molecule has 1 heterocycles. The number of hydrogen-bond donors (Lipinski definition) is 1. The molecule has 0 aromatic carbocycles. The predicted octanol–water partition coefficient (Wildman–Crippen LogP) is 0.373. The lowest BCUT2D eigenvalue weighted by Gasteiger charge is -1.93. The average molecular weight is 200 g/mol. The van der Waals surface area contributed by atoms with Crippen LogP contribution in [0.4, 0.5) is 0 Å². The van der Waals surface area contributed by atoms with Crippen LogP contribution in [0.2, 0.25) is 0 Å². The van der Waals surface area contributed by atoms with Gasteiger partial charge >= 0.3 is 0 Å². The number of thioether (sulfide) groups is 1. The van der Waals surface area contributed by atoms with Crippen molar-refractivity contribution in [3.05, 3.63) is 16.8 Å². The first-order valence-corrected chi connectivity index (χ1v) is 4.61. The summed E-state index contributed by atoms with van der Waals surface area (Å²) in [4.78, 5) is 20.5. The molecule has 13 heavy (non-hydrogen) atoms. The first-order valence-electron chi connectivity index (χ1n) is 3.63. The highest BCUT2D eigenvalue weighted by molar-refractivity contribution is 8.13. The fourth-order valence-corrected chi connectivity index (χ4v) is 1.40. The SMILES string of the molecule is O=NCC(=O)SCCc1c[nH]nn1. The third-order valence-corrected chi connectivity index (χ3v) is 2.14. The standard InChI is InChI=1S/C6H8N4O2S/c11-6(4-8-12)13-2-1-5-3-7-10-9-5/h3H,1-2,4H2,(H,7,9,10). The number of nitrogens with one attached hydrogen (secondary N) is 1. The van der Waals surface area contributed by atoms with E-state index in [4.69, 9.17) is 0 Å². The van der Waals surface area contributed by atoms with E-state index in [-0.39, 0.29) is 11.7 Å². The Morgan fingerprint density at radius 2 is 2.54 bits per heavy atom. The van der Waals surface area contributed by atoms with Gasteiger partial charge in [-0.3, -0.25) is 9.89 Å². The highest BCUT2D eigenvalue weighted by atomic mass is 32.2. The Balaban J connectivity index is 2.14. The van der Waals surface area contributed by atoms with Crippen LogP contribution in [-0.2, 0) is 11.2 Å². The normalized spacial score (nSPS) is 9.85.